The van der Waals surface area contributed by atoms with E-state index in [-0.39, 0.29) is 16.5 Å². The van der Waals surface area contributed by atoms with E-state index in [4.69, 9.17) is 0 Å². The SMILES string of the molecule is Cn1c2c(ccc1=O)C(Nc1ncnc3ccc(S(C)(=O)=O)cc13)CCC2. The molecule has 0 amide bonds. The van der Waals surface area contributed by atoms with Crippen molar-refractivity contribution in [2.75, 3.05) is 11.6 Å². The summed E-state index contributed by atoms with van der Waals surface area (Å²) in [6.07, 6.45) is 5.38. The van der Waals surface area contributed by atoms with Gasteiger partial charge >= 0.3 is 0 Å². The molecule has 1 unspecified atom stereocenters. The van der Waals surface area contributed by atoms with Gasteiger partial charge in [0.15, 0.2) is 9.84 Å². The monoisotopic (exact) mass is 384 g/mol. The molecule has 4 rings (SSSR count). The van der Waals surface area contributed by atoms with E-state index in [0.29, 0.717) is 16.7 Å². The molecule has 1 aliphatic rings. The minimum Gasteiger partial charge on any atom is -0.363 e. The van der Waals surface area contributed by atoms with Crippen molar-refractivity contribution >= 4 is 26.6 Å². The second-order valence-electron chi connectivity index (χ2n) is 6.90. The van der Waals surface area contributed by atoms with Crippen LogP contribution in [-0.4, -0.2) is 29.2 Å². The summed E-state index contributed by atoms with van der Waals surface area (Å²) in [5.41, 5.74) is 2.77. The minimum absolute atomic E-state index is 0.000500. The van der Waals surface area contributed by atoms with Crippen molar-refractivity contribution in [2.24, 2.45) is 7.05 Å². The maximum Gasteiger partial charge on any atom is 0.250 e. The van der Waals surface area contributed by atoms with Crippen LogP contribution in [0.25, 0.3) is 10.9 Å². The fourth-order valence-corrected chi connectivity index (χ4v) is 4.30. The first-order chi connectivity index (χ1) is 12.8. The van der Waals surface area contributed by atoms with Crippen molar-refractivity contribution in [3.8, 4) is 0 Å². The van der Waals surface area contributed by atoms with Crippen molar-refractivity contribution < 1.29 is 8.42 Å². The molecule has 0 saturated carbocycles. The molecule has 2 heterocycles. The van der Waals surface area contributed by atoms with Crippen LogP contribution < -0.4 is 10.9 Å². The normalized spacial score (nSPS) is 16.9. The molecule has 0 aliphatic heterocycles. The molecule has 7 nitrogen and oxygen atoms in total. The lowest BCUT2D eigenvalue weighted by Crippen LogP contribution is -2.27. The standard InChI is InChI=1S/C19H20N4O3S/c1-23-17-5-3-4-16(13(17)7-9-18(23)24)22-19-14-10-12(27(2,25)26)6-8-15(14)20-11-21-19/h6-11,16H,3-5H2,1-2H3,(H,20,21,22). The lowest BCUT2D eigenvalue weighted by Gasteiger charge is -2.28. The van der Waals surface area contributed by atoms with Crippen LogP contribution >= 0.6 is 0 Å². The number of aromatic nitrogens is 3. The summed E-state index contributed by atoms with van der Waals surface area (Å²) in [6, 6.07) is 8.31. The molecular weight excluding hydrogens is 364 g/mol. The number of hydrogen-bond acceptors (Lipinski definition) is 6. The Balaban J connectivity index is 1.79. The van der Waals surface area contributed by atoms with Crippen molar-refractivity contribution in [3.63, 3.8) is 0 Å². The van der Waals surface area contributed by atoms with E-state index in [1.807, 2.05) is 6.07 Å². The van der Waals surface area contributed by atoms with Gasteiger partial charge in [-0.1, -0.05) is 0 Å². The van der Waals surface area contributed by atoms with Crippen molar-refractivity contribution in [2.45, 2.75) is 30.2 Å². The third kappa shape index (κ3) is 3.21. The van der Waals surface area contributed by atoms with Gasteiger partial charge in [0.05, 0.1) is 16.5 Å². The Morgan fingerprint density at radius 2 is 2.00 bits per heavy atom. The quantitative estimate of drug-likeness (QED) is 0.744. The molecule has 1 aromatic carbocycles. The highest BCUT2D eigenvalue weighted by atomic mass is 32.2. The maximum absolute atomic E-state index is 11.9. The van der Waals surface area contributed by atoms with E-state index in [2.05, 4.69) is 15.3 Å². The minimum atomic E-state index is -3.32. The topological polar surface area (TPSA) is 93.9 Å². The van der Waals surface area contributed by atoms with Crippen molar-refractivity contribution in [1.29, 1.82) is 0 Å². The third-order valence-electron chi connectivity index (χ3n) is 5.10. The Bertz CT molecular complexity index is 1200. The molecule has 0 bridgehead atoms. The van der Waals surface area contributed by atoms with Gasteiger partial charge in [0.2, 0.25) is 5.56 Å². The number of fused-ring (bicyclic) bond motifs is 2. The molecule has 2 aromatic heterocycles. The van der Waals surface area contributed by atoms with Gasteiger partial charge in [-0.05, 0) is 49.1 Å². The van der Waals surface area contributed by atoms with Gasteiger partial charge in [0, 0.05) is 30.4 Å². The average molecular weight is 384 g/mol. The van der Waals surface area contributed by atoms with Crippen molar-refractivity contribution in [1.82, 2.24) is 14.5 Å². The highest BCUT2D eigenvalue weighted by molar-refractivity contribution is 7.90. The summed E-state index contributed by atoms with van der Waals surface area (Å²) in [6.45, 7) is 0. The molecule has 3 aromatic rings. The first-order valence-corrected chi connectivity index (χ1v) is 10.6. The summed E-state index contributed by atoms with van der Waals surface area (Å²) in [5, 5.41) is 4.11. The van der Waals surface area contributed by atoms with Crippen LogP contribution in [0.15, 0.2) is 46.3 Å². The van der Waals surface area contributed by atoms with E-state index in [1.165, 1.54) is 12.6 Å². The Labute approximate surface area is 157 Å². The van der Waals surface area contributed by atoms with Crippen LogP contribution in [0.2, 0.25) is 0 Å². The summed E-state index contributed by atoms with van der Waals surface area (Å²) in [7, 11) is -1.53. The third-order valence-corrected chi connectivity index (χ3v) is 6.21. The second-order valence-corrected chi connectivity index (χ2v) is 8.91. The van der Waals surface area contributed by atoms with E-state index in [9.17, 15) is 13.2 Å². The van der Waals surface area contributed by atoms with Gasteiger partial charge < -0.3 is 9.88 Å². The highest BCUT2D eigenvalue weighted by Gasteiger charge is 2.23. The first kappa shape index (κ1) is 17.7. The largest absolute Gasteiger partial charge is 0.363 e. The van der Waals surface area contributed by atoms with E-state index >= 15 is 0 Å². The van der Waals surface area contributed by atoms with Crippen LogP contribution in [-0.2, 0) is 23.3 Å². The molecule has 1 aliphatic carbocycles. The average Bonchev–Trinajstić information content (AvgIpc) is 2.64. The Hall–Kier alpha value is -2.74. The van der Waals surface area contributed by atoms with Crippen LogP contribution in [0.4, 0.5) is 5.82 Å². The number of anilines is 1. The Kier molecular flexibility index (Phi) is 4.22. The smallest absolute Gasteiger partial charge is 0.250 e. The molecule has 27 heavy (non-hydrogen) atoms. The van der Waals surface area contributed by atoms with Crippen LogP contribution in [0, 0.1) is 0 Å². The van der Waals surface area contributed by atoms with Crippen molar-refractivity contribution in [3.05, 3.63) is 58.3 Å². The van der Waals surface area contributed by atoms with Crippen LogP contribution in [0.5, 0.6) is 0 Å². The highest BCUT2D eigenvalue weighted by Crippen LogP contribution is 2.33. The van der Waals surface area contributed by atoms with E-state index in [0.717, 1.165) is 30.5 Å². The number of hydrogen-bond donors (Lipinski definition) is 1. The number of rotatable bonds is 3. The maximum atomic E-state index is 11.9. The number of nitrogens with one attached hydrogen (secondary N) is 1. The molecule has 1 N–H and O–H groups in total. The van der Waals surface area contributed by atoms with E-state index < -0.39 is 9.84 Å². The zero-order valence-corrected chi connectivity index (χ0v) is 16.0. The predicted molar refractivity (Wildman–Crippen MR) is 104 cm³/mol. The lowest BCUT2D eigenvalue weighted by atomic mass is 9.91. The predicted octanol–water partition coefficient (Wildman–Crippen LogP) is 2.22. The number of sulfone groups is 1. The zero-order valence-electron chi connectivity index (χ0n) is 15.1. The zero-order chi connectivity index (χ0) is 19.2. The Morgan fingerprint density at radius 1 is 1.19 bits per heavy atom. The summed E-state index contributed by atoms with van der Waals surface area (Å²) < 4.78 is 25.5. The molecule has 140 valence electrons. The molecule has 0 spiro atoms. The molecule has 8 heteroatoms. The fourth-order valence-electron chi connectivity index (χ4n) is 3.65. The number of pyridine rings is 1. The molecule has 0 radical (unpaired) electrons. The van der Waals surface area contributed by atoms with Crippen LogP contribution in [0.1, 0.15) is 30.1 Å². The van der Waals surface area contributed by atoms with Crippen LogP contribution in [0.3, 0.4) is 0 Å². The van der Waals surface area contributed by atoms with Gasteiger partial charge in [-0.3, -0.25) is 4.79 Å². The summed E-state index contributed by atoms with van der Waals surface area (Å²) in [4.78, 5) is 20.8. The summed E-state index contributed by atoms with van der Waals surface area (Å²) in [5.74, 6) is 0.595. The van der Waals surface area contributed by atoms with Gasteiger partial charge in [0.1, 0.15) is 12.1 Å². The van der Waals surface area contributed by atoms with Gasteiger partial charge in [-0.15, -0.1) is 0 Å². The number of nitrogens with zero attached hydrogens (tertiary/aromatic N) is 3. The van der Waals surface area contributed by atoms with Gasteiger partial charge in [-0.25, -0.2) is 18.4 Å². The second kappa shape index (κ2) is 6.45. The van der Waals surface area contributed by atoms with Gasteiger partial charge in [-0.2, -0.15) is 0 Å². The fraction of sp³-hybridized carbons (Fsp3) is 0.316. The molecular formula is C19H20N4O3S. The number of benzene rings is 1. The van der Waals surface area contributed by atoms with Gasteiger partial charge in [0.25, 0.3) is 0 Å². The summed E-state index contributed by atoms with van der Waals surface area (Å²) >= 11 is 0. The lowest BCUT2D eigenvalue weighted by molar-refractivity contribution is 0.561. The van der Waals surface area contributed by atoms with E-state index in [1.54, 1.807) is 35.9 Å². The molecule has 0 fully saturated rings. The molecule has 0 saturated heterocycles. The molecule has 1 atom stereocenters. The Morgan fingerprint density at radius 3 is 2.78 bits per heavy atom. The first-order valence-electron chi connectivity index (χ1n) is 8.75.